The van der Waals surface area contributed by atoms with Crippen molar-refractivity contribution in [3.05, 3.63) is 234 Å². The van der Waals surface area contributed by atoms with E-state index in [1.165, 1.54) is 61.1 Å². The number of anilines is 8. The van der Waals surface area contributed by atoms with Gasteiger partial charge in [-0.15, -0.1) is 6.42 Å². The van der Waals surface area contributed by atoms with Gasteiger partial charge in [0.1, 0.15) is 29.1 Å². The molecule has 112 heavy (non-hydrogen) atoms. The molecule has 12 aromatic rings. The van der Waals surface area contributed by atoms with Gasteiger partial charge < -0.3 is 44.6 Å². The van der Waals surface area contributed by atoms with Crippen LogP contribution in [-0.2, 0) is 35.7 Å². The summed E-state index contributed by atoms with van der Waals surface area (Å²) >= 11 is 12.1. The van der Waals surface area contributed by atoms with Crippen molar-refractivity contribution in [3.8, 4) is 74.7 Å². The van der Waals surface area contributed by atoms with Crippen molar-refractivity contribution in [1.82, 2.24) is 60.0 Å². The monoisotopic (exact) mass is 1560 g/mol. The van der Waals surface area contributed by atoms with Gasteiger partial charge in [0.15, 0.2) is 0 Å². The highest BCUT2D eigenvalue weighted by molar-refractivity contribution is 7.89. The molecule has 29 heteroatoms. The predicted octanol–water partition coefficient (Wildman–Crippen LogP) is 15.3. The number of hydrogen-bond acceptors (Lipinski definition) is 22. The lowest BCUT2D eigenvalue weighted by atomic mass is 9.99. The summed E-state index contributed by atoms with van der Waals surface area (Å²) in [5.74, 6) is 5.70. The minimum absolute atomic E-state index is 0.0763. The maximum absolute atomic E-state index is 13.7. The van der Waals surface area contributed by atoms with Crippen LogP contribution in [0.4, 0.5) is 56.0 Å². The highest BCUT2D eigenvalue weighted by atomic mass is 35.5. The van der Waals surface area contributed by atoms with E-state index in [2.05, 4.69) is 120 Å². The Morgan fingerprint density at radius 1 is 0.554 bits per heavy atom. The smallest absolute Gasteiger partial charge is 0.238 e. The Kier molecular flexibility index (Phi) is 27.5. The predicted molar refractivity (Wildman–Crippen MR) is 443 cm³/mol. The molecule has 0 aliphatic heterocycles. The largest absolute Gasteiger partial charge is 0.370 e. The van der Waals surface area contributed by atoms with E-state index in [1.54, 1.807) is 74.5 Å². The molecule has 2 aliphatic carbocycles. The zero-order valence-corrected chi connectivity index (χ0v) is 65.7. The van der Waals surface area contributed by atoms with Gasteiger partial charge in [0.25, 0.3) is 0 Å². The molecule has 0 saturated heterocycles. The second-order valence-corrected chi connectivity index (χ2v) is 29.6. The normalized spacial score (nSPS) is 12.1. The van der Waals surface area contributed by atoms with Gasteiger partial charge in [0, 0.05) is 75.7 Å². The maximum Gasteiger partial charge on any atom is 0.238 e. The summed E-state index contributed by atoms with van der Waals surface area (Å²) in [5.41, 5.74) is 49.1. The number of halogens is 4. The quantitative estimate of drug-likeness (QED) is 0.0317. The molecule has 0 unspecified atom stereocenters. The lowest BCUT2D eigenvalue weighted by Gasteiger charge is -2.11. The van der Waals surface area contributed by atoms with Crippen LogP contribution in [-0.4, -0.2) is 87.6 Å². The van der Waals surface area contributed by atoms with Gasteiger partial charge in [-0.05, 0) is 225 Å². The molecule has 2 saturated carbocycles. The number of rotatable bonds is 20. The number of aromatic amines is 1. The minimum Gasteiger partial charge on any atom is -0.370 e. The fourth-order valence-electron chi connectivity index (χ4n) is 12.0. The second-order valence-electron chi connectivity index (χ2n) is 27.3. The molecule has 0 bridgehead atoms. The molecular formula is C83H88Cl2F2N22O2S. The molecule has 0 atom stereocenters. The maximum atomic E-state index is 13.7. The summed E-state index contributed by atoms with van der Waals surface area (Å²) in [7, 11) is -3.70. The number of nitrogen functional groups attached to an aromatic ring is 5. The molecule has 2 aliphatic rings. The van der Waals surface area contributed by atoms with Gasteiger partial charge in [-0.3, -0.25) is 5.10 Å². The number of nitriles is 1. The first kappa shape index (κ1) is 82.2. The fraction of sp³-hybridized carbons (Fsp3) is 0.253. The standard InChI is InChI=1S/C20H22FN5O2S.C19H23N5.C16H18FN3.C15H15N5.C13H10Cl2N4/c1-12-10-17(21)13(2)9-16(12)18-11-19(26-20(22)25-18)24-8-7-14-3-5-15(6-4-14)29(23,27)28;1-12-6-4-7-15(10-12)18-11-16(21-19(20)22-18)8-5-9-17-13(2)23-24-14(17)3;1-9-10(2)14(17)6-5-13(9)15-8-12(7-11-3-4-11)19-16(18)20-15;1-9-10(8-16)3-2-4-12(9)13-7-14(18-11-5-6-11)20-15(17)19-13;1-2-6-17-11-7-10(18-13(16)19-11)8-4-3-5-9(14)12(8)15/h3-6,9-11H,7-8H2,1-2H3,(H2,23,27,28)(H3,22,24,25,26);4,6-7,10-11H,5,8-9H2,1-3H3,(H,23,24)(H2,20,21,22);5-6,8,11H,3-4,7H2,1-2H3,(H2,18,19,20);2-4,7,11H,5-6H2,1H3,(H3,17,18,19,20);1,3-5,7H,6H2,(H3,16,17,18,19). The first-order valence-corrected chi connectivity index (χ1v) is 38.3. The summed E-state index contributed by atoms with van der Waals surface area (Å²) in [6, 6.07) is 44.1. The lowest BCUT2D eigenvalue weighted by molar-refractivity contribution is 0.597. The molecule has 6 heterocycles. The minimum atomic E-state index is -3.70. The Bertz CT molecular complexity index is 5570. The van der Waals surface area contributed by atoms with Crippen LogP contribution in [0.3, 0.4) is 0 Å². The number of primary sulfonamides is 1. The number of nitrogens with one attached hydrogen (secondary N) is 4. The van der Waals surface area contributed by atoms with Crippen LogP contribution in [0.15, 0.2) is 144 Å². The van der Waals surface area contributed by atoms with Crippen molar-refractivity contribution >= 4 is 80.4 Å². The topological polar surface area (TPSA) is 408 Å². The van der Waals surface area contributed by atoms with E-state index in [-0.39, 0.29) is 34.4 Å². The zero-order chi connectivity index (χ0) is 80.5. The summed E-state index contributed by atoms with van der Waals surface area (Å²) < 4.78 is 49.9. The van der Waals surface area contributed by atoms with E-state index < -0.39 is 10.0 Å². The Labute approximate surface area is 660 Å². The zero-order valence-electron chi connectivity index (χ0n) is 63.4. The van der Waals surface area contributed by atoms with Crippen molar-refractivity contribution in [3.63, 3.8) is 0 Å². The number of H-pyrrole nitrogens is 1. The highest BCUT2D eigenvalue weighted by Crippen LogP contribution is 2.37. The Morgan fingerprint density at radius 2 is 1.12 bits per heavy atom. The molecule has 6 aromatic carbocycles. The fourth-order valence-corrected chi connectivity index (χ4v) is 13.0. The van der Waals surface area contributed by atoms with E-state index in [0.29, 0.717) is 92.8 Å². The van der Waals surface area contributed by atoms with Gasteiger partial charge in [-0.25, -0.2) is 57.2 Å². The van der Waals surface area contributed by atoms with Gasteiger partial charge >= 0.3 is 0 Å². The number of terminal acetylenes is 1. The van der Waals surface area contributed by atoms with Crippen LogP contribution in [0.2, 0.25) is 10.0 Å². The molecule has 16 N–H and O–H groups in total. The molecule has 24 nitrogen and oxygen atoms in total. The number of hydrogen-bond donors (Lipinski definition) is 10. The third-order valence-electron chi connectivity index (χ3n) is 18.5. The van der Waals surface area contributed by atoms with Crippen LogP contribution in [0.5, 0.6) is 0 Å². The molecular weight excluding hydrogens is 1480 g/mol. The van der Waals surface area contributed by atoms with Crippen molar-refractivity contribution in [2.45, 2.75) is 124 Å². The lowest BCUT2D eigenvalue weighted by Crippen LogP contribution is -2.12. The number of aromatic nitrogens is 12. The summed E-state index contributed by atoms with van der Waals surface area (Å²) in [6.45, 7) is 16.2. The van der Waals surface area contributed by atoms with Crippen molar-refractivity contribution in [2.24, 2.45) is 11.1 Å². The average molecular weight is 1570 g/mol. The number of benzene rings is 6. The molecule has 2 fully saturated rings. The molecule has 0 radical (unpaired) electrons. The van der Waals surface area contributed by atoms with Crippen molar-refractivity contribution in [2.75, 3.05) is 57.7 Å². The summed E-state index contributed by atoms with van der Waals surface area (Å²) in [5, 5.41) is 31.8. The molecule has 0 spiro atoms. The molecule has 14 rings (SSSR count). The third-order valence-corrected chi connectivity index (χ3v) is 20.2. The van der Waals surface area contributed by atoms with Crippen molar-refractivity contribution < 1.29 is 17.2 Å². The molecule has 6 aromatic heterocycles. The first-order chi connectivity index (χ1) is 53.5. The second kappa shape index (κ2) is 37.4. The molecule has 576 valence electrons. The first-order valence-electron chi connectivity index (χ1n) is 36.0. The van der Waals surface area contributed by atoms with Crippen LogP contribution in [0, 0.1) is 96.6 Å². The number of nitrogens with zero attached hydrogens (tertiary/aromatic N) is 12. The SMILES string of the molecule is C#CCNc1cc(-c2cccc(Cl)c2Cl)nc(N)n1.Cc1c(C#N)cccc1-c1cc(NC2CC2)nc(N)n1.Cc1c(F)ccc(-c2cc(CC3CC3)nc(N)n2)c1C.Cc1cc(-c2cc(NCCc3ccc(S(N)(=O)=O)cc3)nc(N)n2)c(C)cc1F.Cc1cccc(-c2cc(CCCc3c(C)n[nH]c3C)nc(N)n2)c1. The van der Waals surface area contributed by atoms with E-state index in [9.17, 15) is 17.2 Å². The number of nitrogens with two attached hydrogens (primary N) is 6. The Balaban J connectivity index is 0.000000150. The highest BCUT2D eigenvalue weighted by Gasteiger charge is 2.25. The summed E-state index contributed by atoms with van der Waals surface area (Å²) in [4.78, 5) is 42.6. The van der Waals surface area contributed by atoms with E-state index in [0.717, 1.165) is 122 Å². The van der Waals surface area contributed by atoms with E-state index in [4.69, 9.17) is 68.7 Å². The van der Waals surface area contributed by atoms with E-state index in [1.807, 2.05) is 64.1 Å². The number of sulfonamides is 1. The van der Waals surface area contributed by atoms with Crippen LogP contribution in [0.25, 0.3) is 56.3 Å². The van der Waals surface area contributed by atoms with E-state index >= 15 is 0 Å². The Hall–Kier alpha value is -12.3. The van der Waals surface area contributed by atoms with Crippen LogP contribution >= 0.6 is 23.2 Å². The van der Waals surface area contributed by atoms with Crippen LogP contribution in [0.1, 0.15) is 105 Å². The van der Waals surface area contributed by atoms with Gasteiger partial charge in [0.05, 0.1) is 67.3 Å². The third kappa shape index (κ3) is 22.9. The van der Waals surface area contributed by atoms with Gasteiger partial charge in [0.2, 0.25) is 39.8 Å². The summed E-state index contributed by atoms with van der Waals surface area (Å²) in [6.07, 6.45) is 14.5. The van der Waals surface area contributed by atoms with Crippen LogP contribution < -0.4 is 49.8 Å². The van der Waals surface area contributed by atoms with Crippen molar-refractivity contribution in [1.29, 1.82) is 5.26 Å². The van der Waals surface area contributed by atoms with Gasteiger partial charge in [-0.1, -0.05) is 89.3 Å². The Morgan fingerprint density at radius 3 is 1.75 bits per heavy atom. The molecule has 0 amide bonds. The van der Waals surface area contributed by atoms with Gasteiger partial charge in [-0.2, -0.15) is 25.3 Å². The number of aryl methyl sites for hydroxylation is 6. The average Bonchev–Trinajstić information content (AvgIpc) is 1.03.